The zero-order chi connectivity index (χ0) is 15.3. The second kappa shape index (κ2) is 6.35. The van der Waals surface area contributed by atoms with Gasteiger partial charge in [0.2, 0.25) is 0 Å². The Kier molecular flexibility index (Phi) is 5.06. The summed E-state index contributed by atoms with van der Waals surface area (Å²) in [7, 11) is -3.21. The van der Waals surface area contributed by atoms with Crippen LogP contribution in [0.4, 0.5) is 0 Å². The van der Waals surface area contributed by atoms with Crippen LogP contribution in [0.25, 0.3) is 0 Å². The van der Waals surface area contributed by atoms with Gasteiger partial charge in [0, 0.05) is 0 Å². The Bertz CT molecular complexity index is 611. The molecule has 0 heterocycles. The fourth-order valence-electron chi connectivity index (χ4n) is 1.45. The Morgan fingerprint density at radius 3 is 2.45 bits per heavy atom. The van der Waals surface area contributed by atoms with E-state index in [0.717, 1.165) is 0 Å². The first kappa shape index (κ1) is 15.9. The van der Waals surface area contributed by atoms with Crippen molar-refractivity contribution < 1.29 is 32.4 Å². The molecule has 110 valence electrons. The van der Waals surface area contributed by atoms with Crippen LogP contribution in [0.15, 0.2) is 24.3 Å². The minimum absolute atomic E-state index is 0.0524. The van der Waals surface area contributed by atoms with E-state index in [-0.39, 0.29) is 11.3 Å². The van der Waals surface area contributed by atoms with Gasteiger partial charge in [0.15, 0.2) is 0 Å². The monoisotopic (exact) mass is 303 g/mol. The van der Waals surface area contributed by atoms with E-state index >= 15 is 0 Å². The highest BCUT2D eigenvalue weighted by Crippen LogP contribution is 2.17. The van der Waals surface area contributed by atoms with Gasteiger partial charge in [0.25, 0.3) is 16.0 Å². The van der Waals surface area contributed by atoms with Crippen LogP contribution in [0.1, 0.15) is 10.4 Å². The molecule has 0 bridgehead atoms. The van der Waals surface area contributed by atoms with Crippen LogP contribution in [0.3, 0.4) is 0 Å². The molecule has 1 aromatic rings. The van der Waals surface area contributed by atoms with Crippen LogP contribution in [0.5, 0.6) is 5.75 Å². The predicted octanol–water partition coefficient (Wildman–Crippen LogP) is -0.234. The smallest absolute Gasteiger partial charge is 0.327 e. The Morgan fingerprint density at radius 2 is 1.95 bits per heavy atom. The number of carboxylic acid groups (broad SMARTS) is 1. The average molecular weight is 303 g/mol. The number of carbonyl (C=O) groups is 2. The molecule has 0 saturated carbocycles. The zero-order valence-electron chi connectivity index (χ0n) is 10.4. The normalized spacial score (nSPS) is 12.5. The summed E-state index contributed by atoms with van der Waals surface area (Å²) in [4.78, 5) is 22.8. The molecule has 1 amide bonds. The summed E-state index contributed by atoms with van der Waals surface area (Å²) in [6.45, 7) is 0. The van der Waals surface area contributed by atoms with Crippen LogP contribution < -0.4 is 10.1 Å². The van der Waals surface area contributed by atoms with Crippen molar-refractivity contribution in [3.8, 4) is 5.75 Å². The van der Waals surface area contributed by atoms with Gasteiger partial charge in [-0.15, -0.1) is 0 Å². The molecule has 0 aromatic heterocycles. The number of carboxylic acids is 1. The second-order valence-corrected chi connectivity index (χ2v) is 5.31. The number of amides is 1. The summed E-state index contributed by atoms with van der Waals surface area (Å²) in [5.74, 6) is -3.31. The number of aliphatic carboxylic acids is 1. The highest BCUT2D eigenvalue weighted by atomic mass is 32.2. The lowest BCUT2D eigenvalue weighted by atomic mass is 10.1. The first-order valence-electron chi connectivity index (χ1n) is 5.36. The number of benzene rings is 1. The molecule has 0 aliphatic carbocycles. The number of rotatable bonds is 6. The van der Waals surface area contributed by atoms with Gasteiger partial charge in [0.05, 0.1) is 12.7 Å². The van der Waals surface area contributed by atoms with Crippen LogP contribution in [0, 0.1) is 0 Å². The summed E-state index contributed by atoms with van der Waals surface area (Å²) in [5.41, 5.74) is 0.0524. The van der Waals surface area contributed by atoms with E-state index in [9.17, 15) is 18.0 Å². The van der Waals surface area contributed by atoms with Crippen molar-refractivity contribution in [1.82, 2.24) is 5.32 Å². The van der Waals surface area contributed by atoms with Crippen molar-refractivity contribution in [3.05, 3.63) is 29.8 Å². The first-order chi connectivity index (χ1) is 9.24. The van der Waals surface area contributed by atoms with Gasteiger partial charge in [-0.2, -0.15) is 8.42 Å². The minimum Gasteiger partial charge on any atom is -0.496 e. The number of hydrogen-bond acceptors (Lipinski definition) is 5. The maximum atomic E-state index is 11.9. The second-order valence-electron chi connectivity index (χ2n) is 3.81. The predicted molar refractivity (Wildman–Crippen MR) is 68.3 cm³/mol. The molecule has 0 aliphatic heterocycles. The standard InChI is InChI=1S/C11H13NO7S/c1-19-9-5-3-2-4-7(9)10(13)12-8(11(14)15)6-20(16,17)18/h2-5,8H,6H2,1H3,(H,12,13)(H,14,15)(H,16,17,18)/t8-/m0/s1. The molecule has 9 heteroatoms. The van der Waals surface area contributed by atoms with Crippen LogP contribution in [0.2, 0.25) is 0 Å². The molecular weight excluding hydrogens is 290 g/mol. The topological polar surface area (TPSA) is 130 Å². The van der Waals surface area contributed by atoms with E-state index in [4.69, 9.17) is 14.4 Å². The van der Waals surface area contributed by atoms with Crippen LogP contribution >= 0.6 is 0 Å². The van der Waals surface area contributed by atoms with E-state index in [1.165, 1.54) is 25.3 Å². The van der Waals surface area contributed by atoms with Crippen molar-refractivity contribution in [2.24, 2.45) is 0 Å². The van der Waals surface area contributed by atoms with Crippen LogP contribution in [-0.2, 0) is 14.9 Å². The summed E-state index contributed by atoms with van der Waals surface area (Å²) in [6, 6.07) is 4.27. The molecule has 0 unspecified atom stereocenters. The number of ether oxygens (including phenoxy) is 1. The molecule has 0 saturated heterocycles. The van der Waals surface area contributed by atoms with E-state index in [0.29, 0.717) is 0 Å². The summed E-state index contributed by atoms with van der Waals surface area (Å²) < 4.78 is 35.0. The van der Waals surface area contributed by atoms with Gasteiger partial charge in [0.1, 0.15) is 17.5 Å². The number of carbonyl (C=O) groups excluding carboxylic acids is 1. The molecule has 0 radical (unpaired) electrons. The minimum atomic E-state index is -4.54. The Balaban J connectivity index is 2.94. The number of nitrogens with one attached hydrogen (secondary N) is 1. The van der Waals surface area contributed by atoms with Gasteiger partial charge < -0.3 is 15.2 Å². The quantitative estimate of drug-likeness (QED) is 0.618. The molecule has 0 fully saturated rings. The van der Waals surface area contributed by atoms with Gasteiger partial charge in [-0.25, -0.2) is 4.79 Å². The summed E-state index contributed by atoms with van der Waals surface area (Å²) in [6.07, 6.45) is 0. The molecular formula is C11H13NO7S. The van der Waals surface area contributed by atoms with E-state index in [2.05, 4.69) is 0 Å². The van der Waals surface area contributed by atoms with Crippen molar-refractivity contribution >= 4 is 22.0 Å². The van der Waals surface area contributed by atoms with E-state index < -0.39 is 33.8 Å². The van der Waals surface area contributed by atoms with Gasteiger partial charge in [-0.1, -0.05) is 12.1 Å². The lowest BCUT2D eigenvalue weighted by molar-refractivity contribution is -0.138. The Morgan fingerprint density at radius 1 is 1.35 bits per heavy atom. The Hall–Kier alpha value is -2.13. The van der Waals surface area contributed by atoms with Crippen molar-refractivity contribution in [2.45, 2.75) is 6.04 Å². The molecule has 20 heavy (non-hydrogen) atoms. The molecule has 3 N–H and O–H groups in total. The van der Waals surface area contributed by atoms with E-state index in [1.54, 1.807) is 6.07 Å². The maximum Gasteiger partial charge on any atom is 0.327 e. The number of methoxy groups -OCH3 is 1. The SMILES string of the molecule is COc1ccccc1C(=O)N[C@@H](CS(=O)(=O)O)C(=O)O. The van der Waals surface area contributed by atoms with Crippen molar-refractivity contribution in [3.63, 3.8) is 0 Å². The lowest BCUT2D eigenvalue weighted by Gasteiger charge is -2.14. The van der Waals surface area contributed by atoms with Crippen molar-refractivity contribution in [2.75, 3.05) is 12.9 Å². The number of hydrogen-bond donors (Lipinski definition) is 3. The fourth-order valence-corrected chi connectivity index (χ4v) is 2.10. The largest absolute Gasteiger partial charge is 0.496 e. The third kappa shape index (κ3) is 4.52. The third-order valence-corrected chi connectivity index (χ3v) is 3.09. The molecule has 0 aliphatic rings. The van der Waals surface area contributed by atoms with Crippen LogP contribution in [-0.4, -0.2) is 48.9 Å². The van der Waals surface area contributed by atoms with Crippen molar-refractivity contribution in [1.29, 1.82) is 0 Å². The molecule has 1 rings (SSSR count). The molecule has 0 spiro atoms. The molecule has 1 atom stereocenters. The molecule has 8 nitrogen and oxygen atoms in total. The summed E-state index contributed by atoms with van der Waals surface area (Å²) in [5, 5.41) is 10.8. The molecule has 1 aromatic carbocycles. The van der Waals surface area contributed by atoms with Gasteiger partial charge in [-0.3, -0.25) is 9.35 Å². The first-order valence-corrected chi connectivity index (χ1v) is 6.97. The van der Waals surface area contributed by atoms with Gasteiger partial charge in [-0.05, 0) is 12.1 Å². The van der Waals surface area contributed by atoms with Gasteiger partial charge >= 0.3 is 5.97 Å². The maximum absolute atomic E-state index is 11.9. The zero-order valence-corrected chi connectivity index (χ0v) is 11.3. The summed E-state index contributed by atoms with van der Waals surface area (Å²) >= 11 is 0. The lowest BCUT2D eigenvalue weighted by Crippen LogP contribution is -2.45. The Labute approximate surface area is 115 Å². The van der Waals surface area contributed by atoms with E-state index in [1.807, 2.05) is 5.32 Å². The fraction of sp³-hybridized carbons (Fsp3) is 0.273. The average Bonchev–Trinajstić information content (AvgIpc) is 2.36. The third-order valence-electron chi connectivity index (χ3n) is 2.33. The highest BCUT2D eigenvalue weighted by Gasteiger charge is 2.26. The number of para-hydroxylation sites is 1. The highest BCUT2D eigenvalue weighted by molar-refractivity contribution is 7.85.